The lowest BCUT2D eigenvalue weighted by atomic mass is 10.2. The van der Waals surface area contributed by atoms with E-state index >= 15 is 0 Å². The minimum atomic E-state index is -0.282. The van der Waals surface area contributed by atoms with E-state index in [4.69, 9.17) is 21.1 Å². The molecule has 1 aliphatic heterocycles. The van der Waals surface area contributed by atoms with E-state index in [0.717, 1.165) is 28.7 Å². The molecule has 9 heteroatoms. The monoisotopic (exact) mass is 462 g/mol. The summed E-state index contributed by atoms with van der Waals surface area (Å²) in [7, 11) is 3.97. The molecule has 1 aliphatic rings. The van der Waals surface area contributed by atoms with Gasteiger partial charge in [-0.2, -0.15) is 0 Å². The molecule has 4 rings (SSSR count). The van der Waals surface area contributed by atoms with Crippen molar-refractivity contribution >= 4 is 23.4 Å². The van der Waals surface area contributed by atoms with Crippen LogP contribution in [0, 0.1) is 5.82 Å². The number of nitrogens with zero attached hydrogens (tertiary/aromatic N) is 4. The Balaban J connectivity index is 1.64. The zero-order valence-corrected chi connectivity index (χ0v) is 19.2. The Bertz CT molecular complexity index is 1060. The van der Waals surface area contributed by atoms with Crippen LogP contribution in [0.15, 0.2) is 41.6 Å². The first-order valence-corrected chi connectivity index (χ1v) is 11.4. The number of rotatable bonds is 6. The highest BCUT2D eigenvalue weighted by Crippen LogP contribution is 2.39. The van der Waals surface area contributed by atoms with Gasteiger partial charge in [-0.3, -0.25) is 9.47 Å². The van der Waals surface area contributed by atoms with Gasteiger partial charge in [-0.25, -0.2) is 4.39 Å². The first kappa shape index (κ1) is 21.9. The minimum absolute atomic E-state index is 0.0272. The number of hydrogen-bond donors (Lipinski definition) is 0. The molecule has 0 spiro atoms. The van der Waals surface area contributed by atoms with Crippen LogP contribution in [0.2, 0.25) is 5.02 Å². The molecule has 0 radical (unpaired) electrons. The summed E-state index contributed by atoms with van der Waals surface area (Å²) in [5, 5.41) is 10.1. The lowest BCUT2D eigenvalue weighted by molar-refractivity contribution is 0.297. The number of thioether (sulfide) groups is 1. The molecule has 3 aromatic rings. The van der Waals surface area contributed by atoms with Crippen molar-refractivity contribution in [1.29, 1.82) is 0 Å². The molecule has 0 unspecified atom stereocenters. The van der Waals surface area contributed by atoms with E-state index in [0.29, 0.717) is 35.5 Å². The van der Waals surface area contributed by atoms with E-state index in [1.54, 1.807) is 12.1 Å². The zero-order valence-electron chi connectivity index (χ0n) is 17.6. The third-order valence-corrected chi connectivity index (χ3v) is 6.40. The Morgan fingerprint density at radius 3 is 2.65 bits per heavy atom. The average molecular weight is 463 g/mol. The highest BCUT2D eigenvalue weighted by molar-refractivity contribution is 7.98. The molecule has 0 N–H and O–H groups in total. The van der Waals surface area contributed by atoms with Crippen LogP contribution in [0.1, 0.15) is 30.8 Å². The molecule has 31 heavy (non-hydrogen) atoms. The molecular weight excluding hydrogens is 439 g/mol. The van der Waals surface area contributed by atoms with Gasteiger partial charge in [0, 0.05) is 17.9 Å². The summed E-state index contributed by atoms with van der Waals surface area (Å²) in [4.78, 5) is 2.06. The van der Waals surface area contributed by atoms with Gasteiger partial charge in [-0.05, 0) is 63.0 Å². The van der Waals surface area contributed by atoms with Crippen LogP contribution < -0.4 is 9.47 Å². The van der Waals surface area contributed by atoms with Crippen LogP contribution in [-0.4, -0.2) is 47.0 Å². The second kappa shape index (κ2) is 9.46. The maximum Gasteiger partial charge on any atom is 0.196 e. The van der Waals surface area contributed by atoms with E-state index in [9.17, 15) is 4.39 Å². The van der Waals surface area contributed by atoms with Gasteiger partial charge in [0.2, 0.25) is 0 Å². The molecular formula is C22H24ClFN4O2S. The predicted molar refractivity (Wildman–Crippen MR) is 120 cm³/mol. The molecule has 0 saturated carbocycles. The number of halogens is 2. The second-order valence-electron chi connectivity index (χ2n) is 7.54. The van der Waals surface area contributed by atoms with Crippen molar-refractivity contribution in [2.24, 2.45) is 0 Å². The average Bonchev–Trinajstić information content (AvgIpc) is 3.01. The van der Waals surface area contributed by atoms with Gasteiger partial charge in [0.25, 0.3) is 0 Å². The van der Waals surface area contributed by atoms with Gasteiger partial charge < -0.3 is 9.47 Å². The van der Waals surface area contributed by atoms with Gasteiger partial charge in [0.15, 0.2) is 22.5 Å². The quantitative estimate of drug-likeness (QED) is 0.473. The molecule has 1 aromatic heterocycles. The van der Waals surface area contributed by atoms with Crippen molar-refractivity contribution in [3.05, 3.63) is 58.6 Å². The Hall–Kier alpha value is -2.29. The van der Waals surface area contributed by atoms with Gasteiger partial charge in [0.1, 0.15) is 5.82 Å². The maximum absolute atomic E-state index is 13.5. The molecule has 0 bridgehead atoms. The number of fused-ring (bicyclic) bond motifs is 1. The molecule has 0 aliphatic carbocycles. The highest BCUT2D eigenvalue weighted by Gasteiger charge is 2.22. The van der Waals surface area contributed by atoms with Gasteiger partial charge in [0.05, 0.1) is 24.3 Å². The van der Waals surface area contributed by atoms with Crippen molar-refractivity contribution in [1.82, 2.24) is 19.7 Å². The summed E-state index contributed by atoms with van der Waals surface area (Å²) in [5.41, 5.74) is 1.81. The van der Waals surface area contributed by atoms with Crippen LogP contribution in [-0.2, 0) is 5.75 Å². The second-order valence-corrected chi connectivity index (χ2v) is 8.89. The molecule has 2 aromatic carbocycles. The van der Waals surface area contributed by atoms with E-state index < -0.39 is 0 Å². The molecule has 2 heterocycles. The minimum Gasteiger partial charge on any atom is -0.489 e. The molecule has 1 atom stereocenters. The maximum atomic E-state index is 13.5. The van der Waals surface area contributed by atoms with Crippen LogP contribution in [0.5, 0.6) is 11.5 Å². The number of aromatic nitrogens is 3. The van der Waals surface area contributed by atoms with Crippen molar-refractivity contribution in [3.63, 3.8) is 0 Å². The van der Waals surface area contributed by atoms with Crippen LogP contribution >= 0.6 is 23.4 Å². The normalized spacial score (nSPS) is 14.5. The zero-order chi connectivity index (χ0) is 22.0. The standard InChI is InChI=1S/C22H24ClFN4O2S/c1-14(27(2)3)21-25-26-22(28(21)17-7-5-16(24)6-8-17)31-13-15-11-18(23)20-19(12-15)29-9-4-10-30-20/h5-8,11-12,14H,4,9-10,13H2,1-3H3/t14-/m0/s1. The summed E-state index contributed by atoms with van der Waals surface area (Å²) in [6.45, 7) is 3.25. The van der Waals surface area contributed by atoms with E-state index in [1.807, 2.05) is 30.8 Å². The molecule has 0 amide bonds. The summed E-state index contributed by atoms with van der Waals surface area (Å²) >= 11 is 7.97. The van der Waals surface area contributed by atoms with Crippen LogP contribution in [0.4, 0.5) is 4.39 Å². The Morgan fingerprint density at radius 2 is 1.90 bits per heavy atom. The molecule has 0 fully saturated rings. The lowest BCUT2D eigenvalue weighted by Gasteiger charge is -2.20. The molecule has 6 nitrogen and oxygen atoms in total. The van der Waals surface area contributed by atoms with E-state index in [2.05, 4.69) is 22.0 Å². The van der Waals surface area contributed by atoms with Gasteiger partial charge >= 0.3 is 0 Å². The molecule has 0 saturated heterocycles. The fraction of sp³-hybridized carbons (Fsp3) is 0.364. The van der Waals surface area contributed by atoms with Crippen molar-refractivity contribution in [2.45, 2.75) is 30.3 Å². The van der Waals surface area contributed by atoms with Gasteiger partial charge in [-0.15, -0.1) is 10.2 Å². The van der Waals surface area contributed by atoms with Crippen LogP contribution in [0.3, 0.4) is 0 Å². The smallest absolute Gasteiger partial charge is 0.196 e. The summed E-state index contributed by atoms with van der Waals surface area (Å²) in [5.74, 6) is 2.39. The fourth-order valence-electron chi connectivity index (χ4n) is 3.22. The van der Waals surface area contributed by atoms with E-state index in [1.165, 1.54) is 23.9 Å². The Kier molecular flexibility index (Phi) is 6.69. The predicted octanol–water partition coefficient (Wildman–Crippen LogP) is 5.14. The third kappa shape index (κ3) is 4.81. The SMILES string of the molecule is C[C@@H](c1nnc(SCc2cc(Cl)c3c(c2)OCCCO3)n1-c1ccc(F)cc1)N(C)C. The van der Waals surface area contributed by atoms with Gasteiger partial charge in [-0.1, -0.05) is 23.4 Å². The Labute approximate surface area is 190 Å². The van der Waals surface area contributed by atoms with Crippen molar-refractivity contribution in [3.8, 4) is 17.2 Å². The topological polar surface area (TPSA) is 52.4 Å². The first-order valence-electron chi connectivity index (χ1n) is 10.0. The largest absolute Gasteiger partial charge is 0.489 e. The van der Waals surface area contributed by atoms with Crippen molar-refractivity contribution in [2.75, 3.05) is 27.3 Å². The van der Waals surface area contributed by atoms with Crippen LogP contribution in [0.25, 0.3) is 5.69 Å². The first-order chi connectivity index (χ1) is 14.9. The highest BCUT2D eigenvalue weighted by atomic mass is 35.5. The Morgan fingerprint density at radius 1 is 1.16 bits per heavy atom. The number of hydrogen-bond acceptors (Lipinski definition) is 6. The number of benzene rings is 2. The third-order valence-electron chi connectivity index (χ3n) is 5.12. The fourth-order valence-corrected chi connectivity index (χ4v) is 4.40. The lowest BCUT2D eigenvalue weighted by Crippen LogP contribution is -2.20. The molecule has 164 valence electrons. The summed E-state index contributed by atoms with van der Waals surface area (Å²) < 4.78 is 27.0. The van der Waals surface area contributed by atoms with E-state index in [-0.39, 0.29) is 11.9 Å². The van der Waals surface area contributed by atoms with Crippen molar-refractivity contribution < 1.29 is 13.9 Å². The number of ether oxygens (including phenoxy) is 2. The summed E-state index contributed by atoms with van der Waals surface area (Å²) in [6.07, 6.45) is 0.822. The summed E-state index contributed by atoms with van der Waals surface area (Å²) in [6, 6.07) is 10.2.